The lowest BCUT2D eigenvalue weighted by atomic mass is 10.0. The van der Waals surface area contributed by atoms with Crippen molar-refractivity contribution in [2.24, 2.45) is 5.73 Å². The van der Waals surface area contributed by atoms with Crippen LogP contribution in [0, 0.1) is 13.8 Å². The summed E-state index contributed by atoms with van der Waals surface area (Å²) >= 11 is 0. The molecule has 1 heterocycles. The van der Waals surface area contributed by atoms with E-state index in [0.717, 1.165) is 58.7 Å². The molecule has 3 rings (SSSR count). The van der Waals surface area contributed by atoms with Crippen molar-refractivity contribution < 1.29 is 14.6 Å². The zero-order valence-electron chi connectivity index (χ0n) is 19.8. The minimum absolute atomic E-state index is 0.489. The van der Waals surface area contributed by atoms with Gasteiger partial charge in [0, 0.05) is 37.7 Å². The molecule has 0 bridgehead atoms. The van der Waals surface area contributed by atoms with E-state index in [1.807, 2.05) is 37.3 Å². The smallest absolute Gasteiger partial charge is 0.352 e. The van der Waals surface area contributed by atoms with Crippen LogP contribution in [0.25, 0.3) is 11.3 Å². The van der Waals surface area contributed by atoms with E-state index >= 15 is 0 Å². The Morgan fingerprint density at radius 3 is 2.42 bits per heavy atom. The number of rotatable bonds is 10. The Morgan fingerprint density at radius 2 is 1.79 bits per heavy atom. The molecule has 0 unspecified atom stereocenters. The van der Waals surface area contributed by atoms with Crippen LogP contribution in [-0.2, 0) is 22.8 Å². The number of aromatic nitrogens is 2. The van der Waals surface area contributed by atoms with Gasteiger partial charge in [-0.05, 0) is 43.0 Å². The van der Waals surface area contributed by atoms with Crippen LogP contribution in [0.4, 0.5) is 5.82 Å². The summed E-state index contributed by atoms with van der Waals surface area (Å²) in [6.07, 6.45) is 3.77. The van der Waals surface area contributed by atoms with Crippen molar-refractivity contribution >= 4 is 11.8 Å². The number of anilines is 1. The molecule has 2 N–H and O–H groups in total. The van der Waals surface area contributed by atoms with Crippen molar-refractivity contribution in [3.63, 3.8) is 0 Å². The van der Waals surface area contributed by atoms with Gasteiger partial charge >= 0.3 is 5.97 Å². The number of carbonyl (C=O) groups is 1. The normalized spacial score (nSPS) is 10.7. The molecule has 7 nitrogen and oxygen atoms in total. The van der Waals surface area contributed by atoms with E-state index in [-0.39, 0.29) is 0 Å². The number of nitrogens with two attached hydrogens (primary N) is 1. The maximum atomic E-state index is 11.0. The monoisotopic (exact) mass is 448 g/mol. The molecule has 0 amide bonds. The van der Waals surface area contributed by atoms with E-state index in [1.54, 1.807) is 6.33 Å². The summed E-state index contributed by atoms with van der Waals surface area (Å²) in [6.45, 7) is 9.58. The van der Waals surface area contributed by atoms with Crippen LogP contribution in [0.3, 0.4) is 0 Å². The SMILES string of the molecule is CCCCN(Cc1ccc(OOC(C)=O)c(C)c1)c1ncnc(-c2ccc(CN)cc2)c1C. The summed E-state index contributed by atoms with van der Waals surface area (Å²) in [5, 5.41) is 0. The molecule has 0 aliphatic rings. The van der Waals surface area contributed by atoms with Gasteiger partial charge in [0.2, 0.25) is 0 Å². The highest BCUT2D eigenvalue weighted by molar-refractivity contribution is 5.68. The molecular formula is C26H32N4O3. The average Bonchev–Trinajstić information content (AvgIpc) is 2.81. The second-order valence-corrected chi connectivity index (χ2v) is 8.11. The van der Waals surface area contributed by atoms with Gasteiger partial charge in [-0.2, -0.15) is 0 Å². The van der Waals surface area contributed by atoms with Gasteiger partial charge in [-0.15, -0.1) is 0 Å². The lowest BCUT2D eigenvalue weighted by Crippen LogP contribution is -2.26. The number of benzene rings is 2. The van der Waals surface area contributed by atoms with E-state index < -0.39 is 5.97 Å². The molecule has 2 aromatic carbocycles. The van der Waals surface area contributed by atoms with Gasteiger partial charge in [0.25, 0.3) is 0 Å². The predicted molar refractivity (Wildman–Crippen MR) is 130 cm³/mol. The van der Waals surface area contributed by atoms with Crippen LogP contribution in [0.1, 0.15) is 48.9 Å². The largest absolute Gasteiger partial charge is 0.352 e. The molecule has 33 heavy (non-hydrogen) atoms. The quantitative estimate of drug-likeness (QED) is 0.349. The summed E-state index contributed by atoms with van der Waals surface area (Å²) in [5.41, 5.74) is 11.9. The zero-order valence-corrected chi connectivity index (χ0v) is 19.8. The molecule has 0 radical (unpaired) electrons. The Hall–Kier alpha value is -3.45. The summed E-state index contributed by atoms with van der Waals surface area (Å²) < 4.78 is 0. The van der Waals surface area contributed by atoms with Crippen molar-refractivity contribution in [3.8, 4) is 17.0 Å². The maximum absolute atomic E-state index is 11.0. The van der Waals surface area contributed by atoms with Crippen molar-refractivity contribution in [2.45, 2.75) is 53.6 Å². The first-order valence-electron chi connectivity index (χ1n) is 11.2. The predicted octanol–water partition coefficient (Wildman–Crippen LogP) is 4.88. The van der Waals surface area contributed by atoms with E-state index in [9.17, 15) is 4.79 Å². The minimum atomic E-state index is -0.489. The summed E-state index contributed by atoms with van der Waals surface area (Å²) in [4.78, 5) is 32.3. The Morgan fingerprint density at radius 1 is 1.06 bits per heavy atom. The fourth-order valence-corrected chi connectivity index (χ4v) is 3.69. The van der Waals surface area contributed by atoms with E-state index in [0.29, 0.717) is 18.8 Å². The number of carbonyl (C=O) groups excluding carboxylic acids is 1. The van der Waals surface area contributed by atoms with Gasteiger partial charge in [0.1, 0.15) is 12.1 Å². The molecule has 0 spiro atoms. The first-order chi connectivity index (χ1) is 15.9. The summed E-state index contributed by atoms with van der Waals surface area (Å²) in [5.74, 6) is 0.960. The van der Waals surface area contributed by atoms with Crippen LogP contribution < -0.4 is 15.5 Å². The highest BCUT2D eigenvalue weighted by Gasteiger charge is 2.16. The van der Waals surface area contributed by atoms with Gasteiger partial charge in [-0.25, -0.2) is 14.8 Å². The first kappa shape index (κ1) is 24.2. The molecular weight excluding hydrogens is 416 g/mol. The van der Waals surface area contributed by atoms with Crippen molar-refractivity contribution in [2.75, 3.05) is 11.4 Å². The highest BCUT2D eigenvalue weighted by atomic mass is 17.2. The van der Waals surface area contributed by atoms with Crippen LogP contribution >= 0.6 is 0 Å². The van der Waals surface area contributed by atoms with E-state index in [4.69, 9.17) is 10.6 Å². The van der Waals surface area contributed by atoms with Crippen molar-refractivity contribution in [3.05, 3.63) is 71.0 Å². The standard InChI is InChI=1S/C26H32N4O3/c1-5-6-13-30(16-22-9-12-24(18(2)14-22)33-32-20(4)31)26-19(3)25(28-17-29-26)23-10-7-21(15-27)8-11-23/h7-12,14,17H,5-6,13,15-16,27H2,1-4H3. The van der Waals surface area contributed by atoms with Crippen LogP contribution in [-0.4, -0.2) is 22.5 Å². The number of unbranched alkanes of at least 4 members (excludes halogenated alkanes) is 1. The third-order valence-corrected chi connectivity index (χ3v) is 5.46. The highest BCUT2D eigenvalue weighted by Crippen LogP contribution is 2.29. The topological polar surface area (TPSA) is 90.6 Å². The molecule has 0 aliphatic carbocycles. The Kier molecular flexibility index (Phi) is 8.38. The Bertz CT molecular complexity index is 1080. The van der Waals surface area contributed by atoms with Gasteiger partial charge in [0.15, 0.2) is 5.75 Å². The second kappa shape index (κ2) is 11.4. The first-order valence-corrected chi connectivity index (χ1v) is 11.2. The number of hydrogen-bond acceptors (Lipinski definition) is 7. The maximum Gasteiger partial charge on any atom is 0.352 e. The molecule has 174 valence electrons. The molecule has 3 aromatic rings. The molecule has 0 fully saturated rings. The number of nitrogens with zero attached hydrogens (tertiary/aromatic N) is 3. The van der Waals surface area contributed by atoms with Crippen LogP contribution in [0.15, 0.2) is 48.8 Å². The Balaban J connectivity index is 1.88. The van der Waals surface area contributed by atoms with Crippen LogP contribution in [0.5, 0.6) is 5.75 Å². The van der Waals surface area contributed by atoms with Crippen molar-refractivity contribution in [1.82, 2.24) is 9.97 Å². The fraction of sp³-hybridized carbons (Fsp3) is 0.346. The average molecular weight is 449 g/mol. The van der Waals surface area contributed by atoms with E-state index in [1.165, 1.54) is 6.92 Å². The third-order valence-electron chi connectivity index (χ3n) is 5.46. The number of hydrogen-bond donors (Lipinski definition) is 1. The van der Waals surface area contributed by atoms with Gasteiger partial charge < -0.3 is 10.6 Å². The minimum Gasteiger partial charge on any atom is -0.352 e. The van der Waals surface area contributed by atoms with Crippen molar-refractivity contribution in [1.29, 1.82) is 0 Å². The van der Waals surface area contributed by atoms with E-state index in [2.05, 4.69) is 45.7 Å². The van der Waals surface area contributed by atoms with Gasteiger partial charge in [-0.1, -0.05) is 49.7 Å². The molecule has 0 saturated carbocycles. The molecule has 7 heteroatoms. The fourth-order valence-electron chi connectivity index (χ4n) is 3.69. The molecule has 0 aliphatic heterocycles. The van der Waals surface area contributed by atoms with Crippen LogP contribution in [0.2, 0.25) is 0 Å². The Labute approximate surface area is 195 Å². The molecule has 0 saturated heterocycles. The van der Waals surface area contributed by atoms with Gasteiger partial charge in [0.05, 0.1) is 5.69 Å². The molecule has 0 atom stereocenters. The molecule has 1 aromatic heterocycles. The zero-order chi connectivity index (χ0) is 23.8. The lowest BCUT2D eigenvalue weighted by molar-refractivity contribution is -0.211. The second-order valence-electron chi connectivity index (χ2n) is 8.11. The summed E-state index contributed by atoms with van der Waals surface area (Å²) in [7, 11) is 0. The van der Waals surface area contributed by atoms with Gasteiger partial charge in [-0.3, -0.25) is 9.78 Å². The lowest BCUT2D eigenvalue weighted by Gasteiger charge is -2.26. The number of aryl methyl sites for hydroxylation is 1. The summed E-state index contributed by atoms with van der Waals surface area (Å²) in [6, 6.07) is 14.0. The third kappa shape index (κ3) is 6.29.